The zero-order valence-electron chi connectivity index (χ0n) is 18.5. The third-order valence-electron chi connectivity index (χ3n) is 6.10. The number of benzene rings is 2. The molecule has 1 saturated heterocycles. The molecule has 8 heteroatoms. The summed E-state index contributed by atoms with van der Waals surface area (Å²) in [6.45, 7) is 0.400. The largest absolute Gasteiger partial charge is 0.497 e. The highest BCUT2D eigenvalue weighted by molar-refractivity contribution is 7.12. The SMILES string of the molecule is COc1ccc(/C=C/c2ccc3c(c2)C(=O)N2CC[C@H](NC(=O)c4cccs4)[C@H]2C(=O)N3)cc1. The van der Waals surface area contributed by atoms with Gasteiger partial charge in [-0.15, -0.1) is 11.3 Å². The molecule has 2 aliphatic rings. The Hall–Kier alpha value is -3.91. The summed E-state index contributed by atoms with van der Waals surface area (Å²) < 4.78 is 5.18. The van der Waals surface area contributed by atoms with Crippen LogP contribution < -0.4 is 15.4 Å². The molecule has 0 unspecified atom stereocenters. The maximum absolute atomic E-state index is 13.4. The van der Waals surface area contributed by atoms with Crippen LogP contribution in [-0.2, 0) is 4.79 Å². The monoisotopic (exact) mass is 473 g/mol. The fourth-order valence-electron chi connectivity index (χ4n) is 4.36. The third kappa shape index (κ3) is 4.20. The van der Waals surface area contributed by atoms with E-state index in [1.165, 1.54) is 11.3 Å². The Morgan fingerprint density at radius 2 is 1.88 bits per heavy atom. The predicted molar refractivity (Wildman–Crippen MR) is 132 cm³/mol. The molecule has 0 radical (unpaired) electrons. The molecule has 3 amide bonds. The Kier molecular flexibility index (Phi) is 5.90. The maximum Gasteiger partial charge on any atom is 0.261 e. The number of carbonyl (C=O) groups excluding carboxylic acids is 3. The average Bonchev–Trinajstić information content (AvgIpc) is 3.52. The van der Waals surface area contributed by atoms with Gasteiger partial charge in [-0.1, -0.05) is 36.4 Å². The smallest absolute Gasteiger partial charge is 0.261 e. The van der Waals surface area contributed by atoms with Crippen molar-refractivity contribution >= 4 is 46.9 Å². The molecule has 2 aromatic carbocycles. The van der Waals surface area contributed by atoms with Gasteiger partial charge in [0.05, 0.1) is 29.3 Å². The van der Waals surface area contributed by atoms with Crippen LogP contribution in [-0.4, -0.2) is 48.4 Å². The van der Waals surface area contributed by atoms with Gasteiger partial charge in [-0.05, 0) is 53.3 Å². The lowest BCUT2D eigenvalue weighted by Crippen LogP contribution is -2.51. The summed E-state index contributed by atoms with van der Waals surface area (Å²) in [4.78, 5) is 41.2. The standard InChI is InChI=1S/C26H23N3O4S/c1-33-18-9-6-16(7-10-18)4-5-17-8-11-20-19(15-17)26(32)29-13-12-21(23(29)25(31)27-20)28-24(30)22-3-2-14-34-22/h2-11,14-15,21,23H,12-13H2,1H3,(H,27,31)(H,28,30)/b5-4+/t21-,23-/m0/s1. The average molecular weight is 474 g/mol. The van der Waals surface area contributed by atoms with Crippen LogP contribution in [0.2, 0.25) is 0 Å². The normalized spacial score (nSPS) is 19.4. The number of anilines is 1. The summed E-state index contributed by atoms with van der Waals surface area (Å²) in [5.41, 5.74) is 2.77. The second-order valence-electron chi connectivity index (χ2n) is 8.19. The van der Waals surface area contributed by atoms with Crippen molar-refractivity contribution in [2.24, 2.45) is 0 Å². The Balaban J connectivity index is 1.36. The molecular weight excluding hydrogens is 450 g/mol. The van der Waals surface area contributed by atoms with E-state index in [0.717, 1.165) is 16.9 Å². The van der Waals surface area contributed by atoms with Crippen molar-refractivity contribution in [1.29, 1.82) is 0 Å². The Bertz CT molecular complexity index is 1270. The lowest BCUT2D eigenvalue weighted by Gasteiger charge is -2.24. The maximum atomic E-state index is 13.4. The first kappa shape index (κ1) is 21.9. The molecule has 172 valence electrons. The van der Waals surface area contributed by atoms with Crippen molar-refractivity contribution in [3.8, 4) is 5.75 Å². The number of thiophene rings is 1. The van der Waals surface area contributed by atoms with Crippen LogP contribution >= 0.6 is 11.3 Å². The molecular formula is C26H23N3O4S. The highest BCUT2D eigenvalue weighted by Crippen LogP contribution is 2.30. The van der Waals surface area contributed by atoms with Gasteiger partial charge in [0.15, 0.2) is 0 Å². The molecule has 0 saturated carbocycles. The van der Waals surface area contributed by atoms with Crippen LogP contribution in [0.25, 0.3) is 12.2 Å². The number of hydrogen-bond donors (Lipinski definition) is 2. The van der Waals surface area contributed by atoms with Crippen molar-refractivity contribution in [2.75, 3.05) is 19.0 Å². The van der Waals surface area contributed by atoms with Gasteiger partial charge < -0.3 is 20.3 Å². The van der Waals surface area contributed by atoms with E-state index in [1.54, 1.807) is 36.3 Å². The topological polar surface area (TPSA) is 87.7 Å². The van der Waals surface area contributed by atoms with Crippen molar-refractivity contribution < 1.29 is 19.1 Å². The molecule has 2 aliphatic heterocycles. The molecule has 1 fully saturated rings. The molecule has 0 aliphatic carbocycles. The van der Waals surface area contributed by atoms with Crippen LogP contribution in [0.15, 0.2) is 60.0 Å². The summed E-state index contributed by atoms with van der Waals surface area (Å²) in [7, 11) is 1.63. The summed E-state index contributed by atoms with van der Waals surface area (Å²) in [5, 5.41) is 7.66. The minimum atomic E-state index is -0.748. The quantitative estimate of drug-likeness (QED) is 0.551. The molecule has 3 aromatic rings. The molecule has 1 aromatic heterocycles. The fourth-order valence-corrected chi connectivity index (χ4v) is 4.99. The van der Waals surface area contributed by atoms with E-state index in [-0.39, 0.29) is 17.7 Å². The van der Waals surface area contributed by atoms with E-state index in [4.69, 9.17) is 4.74 Å². The van der Waals surface area contributed by atoms with Crippen LogP contribution in [0.5, 0.6) is 5.75 Å². The Labute approximate surface area is 201 Å². The second-order valence-corrected chi connectivity index (χ2v) is 9.14. The first-order valence-corrected chi connectivity index (χ1v) is 11.8. The van der Waals surface area contributed by atoms with Crippen molar-refractivity contribution in [1.82, 2.24) is 10.2 Å². The minimum Gasteiger partial charge on any atom is -0.497 e. The molecule has 34 heavy (non-hydrogen) atoms. The van der Waals surface area contributed by atoms with Crippen LogP contribution in [0, 0.1) is 0 Å². The lowest BCUT2D eigenvalue weighted by molar-refractivity contribution is -0.120. The van der Waals surface area contributed by atoms with E-state index in [0.29, 0.717) is 29.1 Å². The first-order chi connectivity index (χ1) is 16.5. The Morgan fingerprint density at radius 3 is 2.62 bits per heavy atom. The first-order valence-electron chi connectivity index (χ1n) is 11.0. The number of carbonyl (C=O) groups is 3. The number of amides is 3. The summed E-state index contributed by atoms with van der Waals surface area (Å²) >= 11 is 1.34. The lowest BCUT2D eigenvalue weighted by atomic mass is 10.1. The van der Waals surface area contributed by atoms with Gasteiger partial charge in [0.25, 0.3) is 11.8 Å². The third-order valence-corrected chi connectivity index (χ3v) is 6.97. The van der Waals surface area contributed by atoms with Crippen LogP contribution in [0.1, 0.15) is 37.6 Å². The van der Waals surface area contributed by atoms with E-state index in [1.807, 2.05) is 47.9 Å². The molecule has 0 spiro atoms. The number of rotatable bonds is 5. The van der Waals surface area contributed by atoms with Crippen molar-refractivity contribution in [2.45, 2.75) is 18.5 Å². The van der Waals surface area contributed by atoms with Gasteiger partial charge in [-0.25, -0.2) is 0 Å². The van der Waals surface area contributed by atoms with Gasteiger partial charge in [-0.3, -0.25) is 14.4 Å². The predicted octanol–water partition coefficient (Wildman–Crippen LogP) is 3.89. The van der Waals surface area contributed by atoms with Crippen LogP contribution in [0.4, 0.5) is 5.69 Å². The summed E-state index contributed by atoms with van der Waals surface area (Å²) in [5.74, 6) is 0.0527. The minimum absolute atomic E-state index is 0.217. The zero-order chi connectivity index (χ0) is 23.7. The van der Waals surface area contributed by atoms with Gasteiger partial charge in [-0.2, -0.15) is 0 Å². The molecule has 5 rings (SSSR count). The molecule has 3 heterocycles. The van der Waals surface area contributed by atoms with E-state index in [2.05, 4.69) is 10.6 Å². The van der Waals surface area contributed by atoms with Gasteiger partial charge in [0.1, 0.15) is 11.8 Å². The highest BCUT2D eigenvalue weighted by atomic mass is 32.1. The molecule has 2 N–H and O–H groups in total. The number of hydrogen-bond acceptors (Lipinski definition) is 5. The van der Waals surface area contributed by atoms with E-state index < -0.39 is 12.1 Å². The molecule has 0 bridgehead atoms. The van der Waals surface area contributed by atoms with Crippen molar-refractivity contribution in [3.63, 3.8) is 0 Å². The van der Waals surface area contributed by atoms with Crippen LogP contribution in [0.3, 0.4) is 0 Å². The van der Waals surface area contributed by atoms with E-state index in [9.17, 15) is 14.4 Å². The van der Waals surface area contributed by atoms with Gasteiger partial charge >= 0.3 is 0 Å². The van der Waals surface area contributed by atoms with Gasteiger partial charge in [0.2, 0.25) is 5.91 Å². The Morgan fingerprint density at radius 1 is 1.12 bits per heavy atom. The molecule has 7 nitrogen and oxygen atoms in total. The number of methoxy groups -OCH3 is 1. The highest BCUT2D eigenvalue weighted by Gasteiger charge is 2.45. The molecule has 2 atom stereocenters. The second kappa shape index (κ2) is 9.15. The van der Waals surface area contributed by atoms with Gasteiger partial charge in [0, 0.05) is 6.54 Å². The van der Waals surface area contributed by atoms with Crippen molar-refractivity contribution in [3.05, 3.63) is 81.5 Å². The number of nitrogens with one attached hydrogen (secondary N) is 2. The fraction of sp³-hybridized carbons (Fsp3) is 0.192. The number of fused-ring (bicyclic) bond motifs is 2. The zero-order valence-corrected chi connectivity index (χ0v) is 19.3. The number of ether oxygens (including phenoxy) is 1. The summed E-state index contributed by atoms with van der Waals surface area (Å²) in [6, 6.07) is 15.4. The summed E-state index contributed by atoms with van der Waals surface area (Å²) in [6.07, 6.45) is 4.40. The number of nitrogens with zero attached hydrogens (tertiary/aromatic N) is 1. The van der Waals surface area contributed by atoms with E-state index >= 15 is 0 Å².